The van der Waals surface area contributed by atoms with Gasteiger partial charge in [-0.1, -0.05) is 11.2 Å². The molecule has 2 aromatic heterocycles. The van der Waals surface area contributed by atoms with Crippen molar-refractivity contribution in [2.45, 2.75) is 13.5 Å². The van der Waals surface area contributed by atoms with Crippen molar-refractivity contribution in [1.29, 1.82) is 0 Å². The molecule has 5 rings (SSSR count). The number of carbonyl (C=O) groups is 1. The zero-order valence-corrected chi connectivity index (χ0v) is 20.5. The van der Waals surface area contributed by atoms with Crippen molar-refractivity contribution < 1.29 is 23.2 Å². The summed E-state index contributed by atoms with van der Waals surface area (Å²) in [5, 5.41) is 4.63. The minimum atomic E-state index is -0.336. The van der Waals surface area contributed by atoms with Gasteiger partial charge in [0.25, 0.3) is 11.6 Å². The van der Waals surface area contributed by atoms with Crippen LogP contribution < -0.4 is 9.47 Å². The summed E-state index contributed by atoms with van der Waals surface area (Å²) in [6, 6.07) is 13.7. The lowest BCUT2D eigenvalue weighted by Crippen LogP contribution is -2.48. The average Bonchev–Trinajstić information content (AvgIpc) is 3.29. The molecule has 3 heterocycles. The van der Waals surface area contributed by atoms with Gasteiger partial charge < -0.3 is 18.9 Å². The predicted molar refractivity (Wildman–Crippen MR) is 133 cm³/mol. The second-order valence-electron chi connectivity index (χ2n) is 8.77. The molecule has 1 aliphatic heterocycles. The van der Waals surface area contributed by atoms with Crippen molar-refractivity contribution in [3.8, 4) is 22.8 Å². The van der Waals surface area contributed by atoms with E-state index in [1.54, 1.807) is 39.3 Å². The molecule has 1 fully saturated rings. The molecular weight excluding hydrogens is 463 g/mol. The van der Waals surface area contributed by atoms with Gasteiger partial charge in [-0.25, -0.2) is 9.37 Å². The molecule has 1 saturated heterocycles. The smallest absolute Gasteiger partial charge is 0.259 e. The van der Waals surface area contributed by atoms with Crippen molar-refractivity contribution in [1.82, 2.24) is 19.9 Å². The van der Waals surface area contributed by atoms with E-state index in [-0.39, 0.29) is 11.7 Å². The number of nitrogens with zero attached hydrogens (tertiary/aromatic N) is 4. The largest absolute Gasteiger partial charge is 0.493 e. The first-order valence-corrected chi connectivity index (χ1v) is 11.7. The van der Waals surface area contributed by atoms with Crippen LogP contribution in [0.3, 0.4) is 0 Å². The van der Waals surface area contributed by atoms with E-state index in [1.807, 2.05) is 23.1 Å². The van der Waals surface area contributed by atoms with E-state index in [0.29, 0.717) is 58.2 Å². The molecular formula is C27H27FN4O4. The summed E-state index contributed by atoms with van der Waals surface area (Å²) < 4.78 is 29.6. The monoisotopic (exact) mass is 490 g/mol. The van der Waals surface area contributed by atoms with E-state index in [9.17, 15) is 9.18 Å². The first kappa shape index (κ1) is 23.7. The van der Waals surface area contributed by atoms with Crippen LogP contribution in [-0.4, -0.2) is 66.2 Å². The summed E-state index contributed by atoms with van der Waals surface area (Å²) >= 11 is 0. The Morgan fingerprint density at radius 3 is 2.42 bits per heavy atom. The van der Waals surface area contributed by atoms with E-state index in [0.717, 1.165) is 25.2 Å². The number of benzene rings is 2. The topological polar surface area (TPSA) is 80.9 Å². The number of amides is 1. The van der Waals surface area contributed by atoms with Crippen LogP contribution in [0, 0.1) is 12.7 Å². The molecule has 0 bridgehead atoms. The van der Waals surface area contributed by atoms with Gasteiger partial charge in [0, 0.05) is 38.3 Å². The molecule has 0 atom stereocenters. The maximum absolute atomic E-state index is 13.6. The lowest BCUT2D eigenvalue weighted by molar-refractivity contribution is 0.0630. The molecule has 9 heteroatoms. The number of ether oxygens (including phenoxy) is 2. The van der Waals surface area contributed by atoms with Gasteiger partial charge in [0.15, 0.2) is 11.5 Å². The van der Waals surface area contributed by atoms with Gasteiger partial charge in [0.05, 0.1) is 36.6 Å². The standard InChI is InChI=1S/C27H27FN4O4/c1-17-25-21(15-22(29-26(25)36-30-17)19-5-7-20(28)8-6-19)27(33)32-12-10-31(11-13-32)16-18-4-9-23(34-2)24(14-18)35-3/h4-9,14-15H,10-13,16H2,1-3H3. The highest BCUT2D eigenvalue weighted by Gasteiger charge is 2.26. The first-order chi connectivity index (χ1) is 17.5. The second kappa shape index (κ2) is 9.94. The normalized spacial score (nSPS) is 14.3. The number of hydrogen-bond acceptors (Lipinski definition) is 7. The number of piperazine rings is 1. The molecule has 36 heavy (non-hydrogen) atoms. The molecule has 0 radical (unpaired) electrons. The minimum Gasteiger partial charge on any atom is -0.493 e. The van der Waals surface area contributed by atoms with Crippen LogP contribution in [0.25, 0.3) is 22.4 Å². The Morgan fingerprint density at radius 1 is 1.00 bits per heavy atom. The number of pyridine rings is 1. The van der Waals surface area contributed by atoms with Gasteiger partial charge in [-0.05, 0) is 55.0 Å². The van der Waals surface area contributed by atoms with Crippen LogP contribution in [0.5, 0.6) is 11.5 Å². The Hall–Kier alpha value is -3.98. The maximum Gasteiger partial charge on any atom is 0.259 e. The van der Waals surface area contributed by atoms with Crippen LogP contribution in [0.1, 0.15) is 21.6 Å². The third-order valence-corrected chi connectivity index (χ3v) is 6.50. The zero-order valence-electron chi connectivity index (χ0n) is 20.5. The number of fused-ring (bicyclic) bond motifs is 1. The molecule has 8 nitrogen and oxygen atoms in total. The fraction of sp³-hybridized carbons (Fsp3) is 0.296. The molecule has 1 aliphatic rings. The third-order valence-electron chi connectivity index (χ3n) is 6.50. The van der Waals surface area contributed by atoms with Gasteiger partial charge in [0.1, 0.15) is 5.82 Å². The highest BCUT2D eigenvalue weighted by Crippen LogP contribution is 2.30. The molecule has 186 valence electrons. The van der Waals surface area contributed by atoms with Crippen LogP contribution >= 0.6 is 0 Å². The zero-order chi connectivity index (χ0) is 25.2. The van der Waals surface area contributed by atoms with Crippen molar-refractivity contribution in [2.24, 2.45) is 0 Å². The summed E-state index contributed by atoms with van der Waals surface area (Å²) in [6.07, 6.45) is 0. The predicted octanol–water partition coefficient (Wildman–Crippen LogP) is 4.31. The molecule has 4 aromatic rings. The SMILES string of the molecule is COc1ccc(CN2CCN(C(=O)c3cc(-c4ccc(F)cc4)nc4onc(C)c34)CC2)cc1OC. The minimum absolute atomic E-state index is 0.0946. The summed E-state index contributed by atoms with van der Waals surface area (Å²) in [7, 11) is 3.24. The van der Waals surface area contributed by atoms with Crippen molar-refractivity contribution >= 4 is 17.0 Å². The molecule has 0 N–H and O–H groups in total. The van der Waals surface area contributed by atoms with E-state index in [2.05, 4.69) is 15.0 Å². The van der Waals surface area contributed by atoms with Crippen LogP contribution in [0.2, 0.25) is 0 Å². The fourth-order valence-corrected chi connectivity index (χ4v) is 4.55. The molecule has 0 spiro atoms. The number of aryl methyl sites for hydroxylation is 1. The van der Waals surface area contributed by atoms with Crippen molar-refractivity contribution in [3.63, 3.8) is 0 Å². The molecule has 0 unspecified atom stereocenters. The average molecular weight is 491 g/mol. The van der Waals surface area contributed by atoms with Gasteiger partial charge in [0.2, 0.25) is 0 Å². The highest BCUT2D eigenvalue weighted by molar-refractivity contribution is 6.07. The Labute approximate surface area is 208 Å². The van der Waals surface area contributed by atoms with Crippen molar-refractivity contribution in [2.75, 3.05) is 40.4 Å². The molecule has 0 aliphatic carbocycles. The lowest BCUT2D eigenvalue weighted by Gasteiger charge is -2.35. The van der Waals surface area contributed by atoms with Gasteiger partial charge >= 0.3 is 0 Å². The third kappa shape index (κ3) is 4.61. The fourth-order valence-electron chi connectivity index (χ4n) is 4.55. The quantitative estimate of drug-likeness (QED) is 0.398. The Bertz CT molecular complexity index is 1400. The summed E-state index contributed by atoms with van der Waals surface area (Å²) in [6.45, 7) is 5.20. The number of halogens is 1. The molecule has 0 saturated carbocycles. The maximum atomic E-state index is 13.6. The van der Waals surface area contributed by atoms with Crippen molar-refractivity contribution in [3.05, 3.63) is 71.2 Å². The van der Waals surface area contributed by atoms with E-state index >= 15 is 0 Å². The highest BCUT2D eigenvalue weighted by atomic mass is 19.1. The van der Waals surface area contributed by atoms with E-state index < -0.39 is 0 Å². The number of aromatic nitrogens is 2. The number of hydrogen-bond donors (Lipinski definition) is 0. The Morgan fingerprint density at radius 2 is 1.72 bits per heavy atom. The van der Waals surface area contributed by atoms with Gasteiger partial charge in [-0.3, -0.25) is 9.69 Å². The summed E-state index contributed by atoms with van der Waals surface area (Å²) in [4.78, 5) is 22.3. The first-order valence-electron chi connectivity index (χ1n) is 11.7. The number of carbonyl (C=O) groups excluding carboxylic acids is 1. The lowest BCUT2D eigenvalue weighted by atomic mass is 10.0. The van der Waals surface area contributed by atoms with Gasteiger partial charge in [-0.2, -0.15) is 0 Å². The van der Waals surface area contributed by atoms with E-state index in [4.69, 9.17) is 14.0 Å². The second-order valence-corrected chi connectivity index (χ2v) is 8.77. The van der Waals surface area contributed by atoms with E-state index in [1.165, 1.54) is 12.1 Å². The number of rotatable bonds is 6. The van der Waals surface area contributed by atoms with Crippen LogP contribution in [0.15, 0.2) is 53.1 Å². The number of methoxy groups -OCH3 is 2. The summed E-state index contributed by atoms with van der Waals surface area (Å²) in [5.74, 6) is 0.969. The molecule has 2 aromatic carbocycles. The Kier molecular flexibility index (Phi) is 6.56. The molecule has 1 amide bonds. The van der Waals surface area contributed by atoms with Crippen LogP contribution in [0.4, 0.5) is 4.39 Å². The van der Waals surface area contributed by atoms with Crippen LogP contribution in [-0.2, 0) is 6.54 Å². The van der Waals surface area contributed by atoms with Gasteiger partial charge in [-0.15, -0.1) is 0 Å². The summed E-state index contributed by atoms with van der Waals surface area (Å²) in [5.41, 5.74) is 3.75. The Balaban J connectivity index is 1.34.